The van der Waals surface area contributed by atoms with E-state index >= 15 is 0 Å². The molecule has 2 amide bonds. The van der Waals surface area contributed by atoms with Gasteiger partial charge in [0.15, 0.2) is 11.6 Å². The largest absolute Gasteiger partial charge is 0.487 e. The fourth-order valence-electron chi connectivity index (χ4n) is 3.05. The van der Waals surface area contributed by atoms with Crippen molar-refractivity contribution >= 4 is 29.2 Å². The quantitative estimate of drug-likeness (QED) is 0.641. The van der Waals surface area contributed by atoms with E-state index in [1.165, 1.54) is 7.05 Å². The molecule has 0 bridgehead atoms. The van der Waals surface area contributed by atoms with Crippen molar-refractivity contribution in [1.29, 1.82) is 0 Å². The molecule has 12 heteroatoms. The van der Waals surface area contributed by atoms with Gasteiger partial charge in [0.2, 0.25) is 5.82 Å². The smallest absolute Gasteiger partial charge is 0.289 e. The number of halogens is 4. The third-order valence-electron chi connectivity index (χ3n) is 4.54. The third-order valence-corrected chi connectivity index (χ3v) is 4.82. The van der Waals surface area contributed by atoms with Crippen LogP contribution in [0.5, 0.6) is 5.75 Å². The first-order chi connectivity index (χ1) is 15.2. The van der Waals surface area contributed by atoms with Gasteiger partial charge in [0.05, 0.1) is 23.1 Å². The van der Waals surface area contributed by atoms with Crippen LogP contribution in [0, 0.1) is 17.5 Å². The zero-order valence-electron chi connectivity index (χ0n) is 16.3. The van der Waals surface area contributed by atoms with E-state index in [9.17, 15) is 22.8 Å². The average Bonchev–Trinajstić information content (AvgIpc) is 2.85. The van der Waals surface area contributed by atoms with Crippen LogP contribution < -0.4 is 15.0 Å². The van der Waals surface area contributed by atoms with Crippen LogP contribution in [0.2, 0.25) is 5.02 Å². The maximum atomic E-state index is 13.6. The standard InChI is InChI=1S/C20H13ClF3N5O3/c1-29-18-15(5-12(24)6-26-18)32-8-14(20(29)31)27-19(30)17-25-7-13(21)16(28-17)9-2-10(22)4-11(23)3-9/h2-7,14H,8H2,1H3,(H,27,30)/t14-/m0/s1. The van der Waals surface area contributed by atoms with Crippen LogP contribution in [0.3, 0.4) is 0 Å². The number of fused-ring (bicyclic) bond motifs is 1. The number of nitrogens with one attached hydrogen (secondary N) is 1. The molecular weight excluding hydrogens is 451 g/mol. The van der Waals surface area contributed by atoms with Crippen LogP contribution >= 0.6 is 11.6 Å². The van der Waals surface area contributed by atoms with Crippen LogP contribution in [0.4, 0.5) is 19.0 Å². The van der Waals surface area contributed by atoms with Crippen molar-refractivity contribution in [1.82, 2.24) is 20.3 Å². The Morgan fingerprint density at radius 2 is 1.84 bits per heavy atom. The molecule has 3 aromatic rings. The summed E-state index contributed by atoms with van der Waals surface area (Å²) in [6, 6.07) is 2.58. The Balaban J connectivity index is 1.59. The van der Waals surface area contributed by atoms with E-state index in [1.807, 2.05) is 0 Å². The summed E-state index contributed by atoms with van der Waals surface area (Å²) in [6.45, 7) is -0.303. The van der Waals surface area contributed by atoms with E-state index in [2.05, 4.69) is 20.3 Å². The lowest BCUT2D eigenvalue weighted by molar-refractivity contribution is -0.120. The van der Waals surface area contributed by atoms with Crippen molar-refractivity contribution in [3.63, 3.8) is 0 Å². The predicted octanol–water partition coefficient (Wildman–Crippen LogP) is 2.76. The maximum Gasteiger partial charge on any atom is 0.289 e. The molecule has 8 nitrogen and oxygen atoms in total. The summed E-state index contributed by atoms with van der Waals surface area (Å²) in [7, 11) is 1.40. The monoisotopic (exact) mass is 463 g/mol. The Morgan fingerprint density at radius 3 is 2.56 bits per heavy atom. The molecule has 0 saturated carbocycles. The van der Waals surface area contributed by atoms with E-state index in [0.29, 0.717) is 6.07 Å². The zero-order valence-corrected chi connectivity index (χ0v) is 17.0. The van der Waals surface area contributed by atoms with Crippen molar-refractivity contribution in [3.8, 4) is 17.0 Å². The van der Waals surface area contributed by atoms with E-state index in [0.717, 1.165) is 35.5 Å². The number of hydrogen-bond donors (Lipinski definition) is 1. The number of nitrogens with zero attached hydrogens (tertiary/aromatic N) is 4. The highest BCUT2D eigenvalue weighted by Crippen LogP contribution is 2.29. The van der Waals surface area contributed by atoms with Gasteiger partial charge in [0.25, 0.3) is 11.8 Å². The van der Waals surface area contributed by atoms with Crippen LogP contribution in [-0.2, 0) is 4.79 Å². The summed E-state index contributed by atoms with van der Waals surface area (Å²) >= 11 is 6.04. The molecule has 0 radical (unpaired) electrons. The highest BCUT2D eigenvalue weighted by molar-refractivity contribution is 6.33. The summed E-state index contributed by atoms with van der Waals surface area (Å²) in [4.78, 5) is 38.2. The molecule has 0 fully saturated rings. The van der Waals surface area contributed by atoms with Gasteiger partial charge in [-0.3, -0.25) is 14.5 Å². The van der Waals surface area contributed by atoms with Gasteiger partial charge < -0.3 is 10.1 Å². The molecule has 0 spiro atoms. The van der Waals surface area contributed by atoms with Gasteiger partial charge >= 0.3 is 0 Å². The number of likely N-dealkylation sites (N-methyl/N-ethyl adjacent to an activating group) is 1. The Kier molecular flexibility index (Phi) is 5.66. The number of carbonyl (C=O) groups is 2. The van der Waals surface area contributed by atoms with Gasteiger partial charge in [-0.1, -0.05) is 11.6 Å². The summed E-state index contributed by atoms with van der Waals surface area (Å²) in [6.07, 6.45) is 2.03. The maximum absolute atomic E-state index is 13.6. The molecule has 3 heterocycles. The normalized spacial score (nSPS) is 15.6. The highest BCUT2D eigenvalue weighted by atomic mass is 35.5. The third kappa shape index (κ3) is 4.19. The average molecular weight is 464 g/mol. The van der Waals surface area contributed by atoms with Crippen LogP contribution in [0.25, 0.3) is 11.3 Å². The molecule has 164 valence electrons. The second kappa shape index (κ2) is 8.42. The van der Waals surface area contributed by atoms with Gasteiger partial charge in [-0.05, 0) is 12.1 Å². The number of hydrogen-bond acceptors (Lipinski definition) is 6. The number of amides is 2. The molecule has 1 N–H and O–H groups in total. The lowest BCUT2D eigenvalue weighted by Gasteiger charge is -2.19. The molecule has 0 aliphatic carbocycles. The molecule has 32 heavy (non-hydrogen) atoms. The van der Waals surface area contributed by atoms with Crippen molar-refractivity contribution in [3.05, 3.63) is 65.0 Å². The molecule has 0 saturated heterocycles. The van der Waals surface area contributed by atoms with Crippen LogP contribution in [-0.4, -0.2) is 46.5 Å². The Bertz CT molecular complexity index is 1220. The second-order valence-corrected chi connectivity index (χ2v) is 7.17. The molecular formula is C20H13ClF3N5O3. The number of ether oxygens (including phenoxy) is 1. The molecule has 2 aromatic heterocycles. The first-order valence-corrected chi connectivity index (χ1v) is 9.46. The minimum Gasteiger partial charge on any atom is -0.487 e. The Hall–Kier alpha value is -3.73. The fourth-order valence-corrected chi connectivity index (χ4v) is 3.25. The van der Waals surface area contributed by atoms with E-state index in [4.69, 9.17) is 16.3 Å². The molecule has 1 aliphatic rings. The van der Waals surface area contributed by atoms with E-state index in [-0.39, 0.29) is 34.5 Å². The van der Waals surface area contributed by atoms with Gasteiger partial charge in [0, 0.05) is 24.7 Å². The second-order valence-electron chi connectivity index (χ2n) is 6.76. The molecule has 0 unspecified atom stereocenters. The first kappa shape index (κ1) is 21.5. The number of aromatic nitrogens is 3. The van der Waals surface area contributed by atoms with Crippen molar-refractivity contribution in [2.75, 3.05) is 18.6 Å². The van der Waals surface area contributed by atoms with Crippen molar-refractivity contribution in [2.45, 2.75) is 6.04 Å². The molecule has 1 atom stereocenters. The SMILES string of the molecule is CN1C(=O)[C@@H](NC(=O)c2ncc(Cl)c(-c3cc(F)cc(F)c3)n2)COc2cc(F)cnc21. The van der Waals surface area contributed by atoms with Crippen molar-refractivity contribution in [2.24, 2.45) is 0 Å². The number of carbonyl (C=O) groups excluding carboxylic acids is 2. The summed E-state index contributed by atoms with van der Waals surface area (Å²) < 4.78 is 46.0. The molecule has 4 rings (SSSR count). The van der Waals surface area contributed by atoms with Gasteiger partial charge in [-0.15, -0.1) is 0 Å². The van der Waals surface area contributed by atoms with Gasteiger partial charge in [-0.25, -0.2) is 28.1 Å². The van der Waals surface area contributed by atoms with Crippen LogP contribution in [0.15, 0.2) is 36.7 Å². The lowest BCUT2D eigenvalue weighted by Crippen LogP contribution is -2.49. The van der Waals surface area contributed by atoms with Crippen LogP contribution in [0.1, 0.15) is 10.6 Å². The first-order valence-electron chi connectivity index (χ1n) is 9.08. The number of anilines is 1. The fraction of sp³-hybridized carbons (Fsp3) is 0.150. The summed E-state index contributed by atoms with van der Waals surface area (Å²) in [5, 5.41) is 2.39. The molecule has 1 aliphatic heterocycles. The summed E-state index contributed by atoms with van der Waals surface area (Å²) in [5.74, 6) is -4.05. The Labute approximate surface area is 184 Å². The summed E-state index contributed by atoms with van der Waals surface area (Å²) in [5.41, 5.74) is -0.0704. The van der Waals surface area contributed by atoms with Gasteiger partial charge in [0.1, 0.15) is 30.1 Å². The number of benzene rings is 1. The van der Waals surface area contributed by atoms with E-state index in [1.54, 1.807) is 0 Å². The zero-order chi connectivity index (χ0) is 23.0. The minimum atomic E-state index is -1.17. The van der Waals surface area contributed by atoms with E-state index < -0.39 is 41.1 Å². The minimum absolute atomic E-state index is 0.00103. The lowest BCUT2D eigenvalue weighted by atomic mass is 10.1. The highest BCUT2D eigenvalue weighted by Gasteiger charge is 2.32. The predicted molar refractivity (Wildman–Crippen MR) is 107 cm³/mol. The van der Waals surface area contributed by atoms with Crippen molar-refractivity contribution < 1.29 is 27.5 Å². The Morgan fingerprint density at radius 1 is 1.12 bits per heavy atom. The topological polar surface area (TPSA) is 97.3 Å². The number of pyridine rings is 1. The number of rotatable bonds is 3. The van der Waals surface area contributed by atoms with Gasteiger partial charge in [-0.2, -0.15) is 0 Å². The molecule has 1 aromatic carbocycles.